The number of rotatable bonds is 4. The Hall–Kier alpha value is -1.97. The van der Waals surface area contributed by atoms with Crippen LogP contribution >= 0.6 is 0 Å². The molecule has 1 rings (SSSR count). The first-order valence-electron chi connectivity index (χ1n) is 4.96. The summed E-state index contributed by atoms with van der Waals surface area (Å²) >= 11 is 0. The number of carbonyl (C=O) groups is 1. The Bertz CT molecular complexity index is 418. The standard InChI is InChI=1S/C12H13NO3/c1-9(2)11(8-14)7-10-3-5-12(6-4-10)13(15)16/h3-9H,1-2H3. The molecular weight excluding hydrogens is 206 g/mol. The van der Waals surface area contributed by atoms with Crippen molar-refractivity contribution in [2.45, 2.75) is 13.8 Å². The third kappa shape index (κ3) is 3.02. The third-order valence-corrected chi connectivity index (χ3v) is 2.24. The van der Waals surface area contributed by atoms with E-state index in [9.17, 15) is 14.9 Å². The lowest BCUT2D eigenvalue weighted by molar-refractivity contribution is -0.384. The summed E-state index contributed by atoms with van der Waals surface area (Å²) in [4.78, 5) is 20.7. The number of benzene rings is 1. The van der Waals surface area contributed by atoms with E-state index in [0.29, 0.717) is 5.57 Å². The molecule has 4 heteroatoms. The molecule has 0 aliphatic rings. The summed E-state index contributed by atoms with van der Waals surface area (Å²) in [6.07, 6.45) is 2.55. The second-order valence-corrected chi connectivity index (χ2v) is 3.77. The number of nitro benzene ring substituents is 1. The molecule has 0 saturated heterocycles. The number of nitrogens with zero attached hydrogens (tertiary/aromatic N) is 1. The van der Waals surface area contributed by atoms with Crippen LogP contribution in [0.5, 0.6) is 0 Å². The van der Waals surface area contributed by atoms with E-state index in [1.54, 1.807) is 18.2 Å². The number of hydrogen-bond acceptors (Lipinski definition) is 3. The summed E-state index contributed by atoms with van der Waals surface area (Å²) in [7, 11) is 0. The molecule has 0 N–H and O–H groups in total. The van der Waals surface area contributed by atoms with Crippen molar-refractivity contribution >= 4 is 18.0 Å². The summed E-state index contributed by atoms with van der Waals surface area (Å²) in [5.41, 5.74) is 1.52. The molecule has 0 spiro atoms. The average molecular weight is 219 g/mol. The van der Waals surface area contributed by atoms with Gasteiger partial charge in [-0.2, -0.15) is 0 Å². The minimum absolute atomic E-state index is 0.0503. The maximum atomic E-state index is 10.7. The molecule has 4 nitrogen and oxygen atoms in total. The summed E-state index contributed by atoms with van der Waals surface area (Å²) in [5, 5.41) is 10.4. The minimum Gasteiger partial charge on any atom is -0.298 e. The number of hydrogen-bond donors (Lipinski definition) is 0. The third-order valence-electron chi connectivity index (χ3n) is 2.24. The number of aldehydes is 1. The second-order valence-electron chi connectivity index (χ2n) is 3.77. The average Bonchev–Trinajstić information content (AvgIpc) is 2.26. The molecule has 84 valence electrons. The molecule has 0 radical (unpaired) electrons. The van der Waals surface area contributed by atoms with E-state index in [4.69, 9.17) is 0 Å². The van der Waals surface area contributed by atoms with Gasteiger partial charge in [-0.25, -0.2) is 0 Å². The van der Waals surface area contributed by atoms with Gasteiger partial charge in [-0.3, -0.25) is 14.9 Å². The quantitative estimate of drug-likeness (QED) is 0.338. The SMILES string of the molecule is CC(C)C(C=O)=Cc1ccc([N+](=O)[O-])cc1. The normalized spacial score (nSPS) is 11.6. The first kappa shape index (κ1) is 12.1. The number of carbonyl (C=O) groups excluding carboxylic acids is 1. The number of nitro groups is 1. The van der Waals surface area contributed by atoms with Gasteiger partial charge < -0.3 is 0 Å². The predicted octanol–water partition coefficient (Wildman–Crippen LogP) is 2.83. The van der Waals surface area contributed by atoms with Crippen molar-refractivity contribution in [1.29, 1.82) is 0 Å². The fourth-order valence-electron chi connectivity index (χ4n) is 1.22. The highest BCUT2D eigenvalue weighted by Gasteiger charge is 2.05. The van der Waals surface area contributed by atoms with E-state index in [-0.39, 0.29) is 11.6 Å². The highest BCUT2D eigenvalue weighted by Crippen LogP contribution is 2.16. The van der Waals surface area contributed by atoms with E-state index < -0.39 is 4.92 Å². The van der Waals surface area contributed by atoms with E-state index in [1.807, 2.05) is 13.8 Å². The zero-order chi connectivity index (χ0) is 12.1. The van der Waals surface area contributed by atoms with Gasteiger partial charge in [0, 0.05) is 12.1 Å². The summed E-state index contributed by atoms with van der Waals surface area (Å²) in [5.74, 6) is 0.146. The van der Waals surface area contributed by atoms with E-state index >= 15 is 0 Å². The van der Waals surface area contributed by atoms with Crippen LogP contribution in [0, 0.1) is 16.0 Å². The molecule has 0 saturated carbocycles. The van der Waals surface area contributed by atoms with Gasteiger partial charge in [-0.15, -0.1) is 0 Å². The van der Waals surface area contributed by atoms with Gasteiger partial charge in [0.05, 0.1) is 4.92 Å². The van der Waals surface area contributed by atoms with Crippen molar-refractivity contribution in [3.63, 3.8) is 0 Å². The monoisotopic (exact) mass is 219 g/mol. The van der Waals surface area contributed by atoms with Gasteiger partial charge in [0.25, 0.3) is 5.69 Å². The lowest BCUT2D eigenvalue weighted by atomic mass is 10.0. The fourth-order valence-corrected chi connectivity index (χ4v) is 1.22. The Kier molecular flexibility index (Phi) is 3.94. The molecular formula is C12H13NO3. The van der Waals surface area contributed by atoms with Crippen molar-refractivity contribution in [1.82, 2.24) is 0 Å². The van der Waals surface area contributed by atoms with Crippen LogP contribution in [0.2, 0.25) is 0 Å². The van der Waals surface area contributed by atoms with Gasteiger partial charge in [0.2, 0.25) is 0 Å². The molecule has 0 fully saturated rings. The molecule has 0 aromatic heterocycles. The Morgan fingerprint density at radius 1 is 1.31 bits per heavy atom. The van der Waals surface area contributed by atoms with Gasteiger partial charge in [-0.1, -0.05) is 13.8 Å². The Morgan fingerprint density at radius 2 is 1.88 bits per heavy atom. The largest absolute Gasteiger partial charge is 0.298 e. The van der Waals surface area contributed by atoms with Crippen LogP contribution in [-0.2, 0) is 4.79 Å². The fraction of sp³-hybridized carbons (Fsp3) is 0.250. The van der Waals surface area contributed by atoms with E-state index in [0.717, 1.165) is 11.8 Å². The van der Waals surface area contributed by atoms with Crippen molar-refractivity contribution in [3.05, 3.63) is 45.5 Å². The number of non-ortho nitro benzene ring substituents is 1. The molecule has 0 atom stereocenters. The van der Waals surface area contributed by atoms with Crippen molar-refractivity contribution in [3.8, 4) is 0 Å². The zero-order valence-corrected chi connectivity index (χ0v) is 9.21. The minimum atomic E-state index is -0.448. The van der Waals surface area contributed by atoms with E-state index in [2.05, 4.69) is 0 Å². The Morgan fingerprint density at radius 3 is 2.25 bits per heavy atom. The maximum Gasteiger partial charge on any atom is 0.269 e. The van der Waals surface area contributed by atoms with Crippen LogP contribution in [0.1, 0.15) is 19.4 Å². The van der Waals surface area contributed by atoms with Crippen molar-refractivity contribution in [2.75, 3.05) is 0 Å². The van der Waals surface area contributed by atoms with Crippen LogP contribution in [-0.4, -0.2) is 11.2 Å². The molecule has 0 amide bonds. The smallest absolute Gasteiger partial charge is 0.269 e. The molecule has 0 aliphatic heterocycles. The van der Waals surface area contributed by atoms with Crippen LogP contribution in [0.25, 0.3) is 6.08 Å². The molecule has 1 aromatic rings. The van der Waals surface area contributed by atoms with Gasteiger partial charge in [0.15, 0.2) is 0 Å². The second kappa shape index (κ2) is 5.21. The van der Waals surface area contributed by atoms with E-state index in [1.165, 1.54) is 12.1 Å². The molecule has 0 bridgehead atoms. The summed E-state index contributed by atoms with van der Waals surface area (Å²) < 4.78 is 0. The van der Waals surface area contributed by atoms with Crippen LogP contribution in [0.3, 0.4) is 0 Å². The highest BCUT2D eigenvalue weighted by atomic mass is 16.6. The Balaban J connectivity index is 2.98. The summed E-state index contributed by atoms with van der Waals surface area (Å²) in [6.45, 7) is 3.84. The topological polar surface area (TPSA) is 60.2 Å². The molecule has 1 aromatic carbocycles. The first-order chi connectivity index (χ1) is 7.54. The molecule has 0 heterocycles. The zero-order valence-electron chi connectivity index (χ0n) is 9.21. The Labute approximate surface area is 93.7 Å². The van der Waals surface area contributed by atoms with Gasteiger partial charge in [-0.05, 0) is 35.3 Å². The maximum absolute atomic E-state index is 10.7. The lowest BCUT2D eigenvalue weighted by Crippen LogP contribution is -1.94. The predicted molar refractivity (Wildman–Crippen MR) is 62.0 cm³/mol. The molecule has 0 aliphatic carbocycles. The van der Waals surface area contributed by atoms with Gasteiger partial charge >= 0.3 is 0 Å². The van der Waals surface area contributed by atoms with Gasteiger partial charge in [0.1, 0.15) is 6.29 Å². The summed E-state index contributed by atoms with van der Waals surface area (Å²) in [6, 6.07) is 6.11. The highest BCUT2D eigenvalue weighted by molar-refractivity contribution is 5.82. The molecule has 0 unspecified atom stereocenters. The van der Waals surface area contributed by atoms with Crippen LogP contribution < -0.4 is 0 Å². The van der Waals surface area contributed by atoms with Crippen LogP contribution in [0.4, 0.5) is 5.69 Å². The lowest BCUT2D eigenvalue weighted by Gasteiger charge is -2.03. The molecule has 16 heavy (non-hydrogen) atoms. The van der Waals surface area contributed by atoms with Crippen molar-refractivity contribution < 1.29 is 9.72 Å². The van der Waals surface area contributed by atoms with Crippen LogP contribution in [0.15, 0.2) is 29.8 Å². The first-order valence-corrected chi connectivity index (χ1v) is 4.96. The van der Waals surface area contributed by atoms with Crippen molar-refractivity contribution in [2.24, 2.45) is 5.92 Å². The number of allylic oxidation sites excluding steroid dienone is 1.